The second kappa shape index (κ2) is 7.74. The highest BCUT2D eigenvalue weighted by atomic mass is 32.2. The summed E-state index contributed by atoms with van der Waals surface area (Å²) in [5.41, 5.74) is 0.875. The minimum absolute atomic E-state index is 0.107. The Bertz CT molecular complexity index is 1030. The molecule has 2 aromatic carbocycles. The lowest BCUT2D eigenvalue weighted by molar-refractivity contribution is 0.177. The number of tetrazole rings is 1. The van der Waals surface area contributed by atoms with E-state index in [-0.39, 0.29) is 4.90 Å². The van der Waals surface area contributed by atoms with Crippen molar-refractivity contribution < 1.29 is 12.8 Å². The van der Waals surface area contributed by atoms with Gasteiger partial charge in [0.25, 0.3) is 0 Å². The first-order valence-corrected chi connectivity index (χ1v) is 10.3. The molecule has 1 aromatic heterocycles. The molecule has 10 heteroatoms. The van der Waals surface area contributed by atoms with E-state index in [2.05, 4.69) is 20.4 Å². The molecule has 146 valence electrons. The fourth-order valence-electron chi connectivity index (χ4n) is 3.16. The highest BCUT2D eigenvalue weighted by molar-refractivity contribution is 7.89. The molecule has 0 bridgehead atoms. The molecule has 0 amide bonds. The van der Waals surface area contributed by atoms with Crippen molar-refractivity contribution in [2.45, 2.75) is 11.4 Å². The molecule has 1 aliphatic rings. The third-order valence-corrected chi connectivity index (χ3v) is 6.60. The van der Waals surface area contributed by atoms with Crippen LogP contribution in [0.5, 0.6) is 0 Å². The highest BCUT2D eigenvalue weighted by Gasteiger charge is 2.29. The number of benzene rings is 2. The van der Waals surface area contributed by atoms with Gasteiger partial charge in [0.05, 0.1) is 17.1 Å². The van der Waals surface area contributed by atoms with E-state index in [1.807, 2.05) is 30.3 Å². The summed E-state index contributed by atoms with van der Waals surface area (Å²) in [6, 6.07) is 14.5. The molecule has 0 N–H and O–H groups in total. The van der Waals surface area contributed by atoms with Gasteiger partial charge in [0.15, 0.2) is 5.82 Å². The van der Waals surface area contributed by atoms with Gasteiger partial charge in [0.2, 0.25) is 10.0 Å². The van der Waals surface area contributed by atoms with Crippen LogP contribution in [0.1, 0.15) is 5.82 Å². The van der Waals surface area contributed by atoms with Gasteiger partial charge in [-0.3, -0.25) is 4.90 Å². The summed E-state index contributed by atoms with van der Waals surface area (Å²) in [7, 11) is -3.62. The second-order valence-corrected chi connectivity index (χ2v) is 8.41. The number of rotatable bonds is 5. The molecule has 4 rings (SSSR count). The maximum Gasteiger partial charge on any atom is 0.243 e. The third-order valence-electron chi connectivity index (χ3n) is 4.68. The molecular weight excluding hydrogens is 383 g/mol. The lowest BCUT2D eigenvalue weighted by Gasteiger charge is -2.33. The Hall–Kier alpha value is -2.69. The Kier molecular flexibility index (Phi) is 5.16. The van der Waals surface area contributed by atoms with Gasteiger partial charge in [0.1, 0.15) is 5.82 Å². The summed E-state index contributed by atoms with van der Waals surface area (Å²) < 4.78 is 41.6. The van der Waals surface area contributed by atoms with Crippen LogP contribution in [0.25, 0.3) is 5.69 Å². The Morgan fingerprint density at radius 3 is 2.29 bits per heavy atom. The predicted molar refractivity (Wildman–Crippen MR) is 99.6 cm³/mol. The highest BCUT2D eigenvalue weighted by Crippen LogP contribution is 2.19. The quantitative estimate of drug-likeness (QED) is 0.640. The summed E-state index contributed by atoms with van der Waals surface area (Å²) in [5.74, 6) is 0.237. The minimum atomic E-state index is -3.62. The van der Waals surface area contributed by atoms with Crippen molar-refractivity contribution in [3.63, 3.8) is 0 Å². The van der Waals surface area contributed by atoms with Crippen LogP contribution in [0.3, 0.4) is 0 Å². The second-order valence-electron chi connectivity index (χ2n) is 6.48. The third kappa shape index (κ3) is 3.79. The summed E-state index contributed by atoms with van der Waals surface area (Å²) >= 11 is 0. The average Bonchev–Trinajstić information content (AvgIpc) is 3.17. The molecule has 1 fully saturated rings. The van der Waals surface area contributed by atoms with Gasteiger partial charge >= 0.3 is 0 Å². The van der Waals surface area contributed by atoms with Crippen molar-refractivity contribution in [3.05, 3.63) is 66.2 Å². The molecule has 0 radical (unpaired) electrons. The number of piperazine rings is 1. The molecule has 0 unspecified atom stereocenters. The van der Waals surface area contributed by atoms with Gasteiger partial charge in [-0.1, -0.05) is 18.2 Å². The van der Waals surface area contributed by atoms with Crippen LogP contribution in [0.4, 0.5) is 4.39 Å². The monoisotopic (exact) mass is 402 g/mol. The topological polar surface area (TPSA) is 84.2 Å². The van der Waals surface area contributed by atoms with Crippen molar-refractivity contribution in [2.24, 2.45) is 0 Å². The SMILES string of the molecule is O=S(=O)(c1ccc(F)cc1)N1CCN(Cc2nnnn2-c2ccccc2)CC1. The predicted octanol–water partition coefficient (Wildman–Crippen LogP) is 1.31. The zero-order chi connectivity index (χ0) is 19.6. The molecule has 0 saturated carbocycles. The number of hydrogen-bond acceptors (Lipinski definition) is 6. The number of nitrogens with zero attached hydrogens (tertiary/aromatic N) is 6. The molecular formula is C18H19FN6O2S. The summed E-state index contributed by atoms with van der Waals surface area (Å²) in [6.45, 7) is 2.34. The van der Waals surface area contributed by atoms with Crippen LogP contribution in [-0.2, 0) is 16.6 Å². The summed E-state index contributed by atoms with van der Waals surface area (Å²) in [5, 5.41) is 11.9. The normalized spacial score (nSPS) is 16.3. The Morgan fingerprint density at radius 2 is 1.61 bits per heavy atom. The van der Waals surface area contributed by atoms with E-state index in [0.717, 1.165) is 17.8 Å². The fourth-order valence-corrected chi connectivity index (χ4v) is 4.58. The van der Waals surface area contributed by atoms with E-state index in [1.165, 1.54) is 16.4 Å². The van der Waals surface area contributed by atoms with E-state index in [9.17, 15) is 12.8 Å². The van der Waals surface area contributed by atoms with Crippen LogP contribution in [0, 0.1) is 5.82 Å². The number of halogens is 1. The van der Waals surface area contributed by atoms with Crippen LogP contribution < -0.4 is 0 Å². The average molecular weight is 402 g/mol. The Labute approximate surface area is 162 Å². The van der Waals surface area contributed by atoms with Crippen LogP contribution in [-0.4, -0.2) is 64.0 Å². The molecule has 1 saturated heterocycles. The van der Waals surface area contributed by atoms with Gasteiger partial charge < -0.3 is 0 Å². The first-order valence-electron chi connectivity index (χ1n) is 8.85. The molecule has 2 heterocycles. The smallest absolute Gasteiger partial charge is 0.243 e. The Morgan fingerprint density at radius 1 is 0.929 bits per heavy atom. The summed E-state index contributed by atoms with van der Waals surface area (Å²) in [6.07, 6.45) is 0. The first kappa shape index (κ1) is 18.7. The minimum Gasteiger partial charge on any atom is -0.293 e. The van der Waals surface area contributed by atoms with Crippen LogP contribution in [0.15, 0.2) is 59.5 Å². The number of sulfonamides is 1. The number of aromatic nitrogens is 4. The zero-order valence-corrected chi connectivity index (χ0v) is 15.8. The van der Waals surface area contributed by atoms with Gasteiger partial charge in [-0.2, -0.15) is 8.99 Å². The molecule has 0 atom stereocenters. The molecule has 3 aromatic rings. The molecule has 8 nitrogen and oxygen atoms in total. The Balaban J connectivity index is 1.42. The van der Waals surface area contributed by atoms with Gasteiger partial charge in [0, 0.05) is 26.2 Å². The van der Waals surface area contributed by atoms with Crippen molar-refractivity contribution in [1.82, 2.24) is 29.4 Å². The van der Waals surface area contributed by atoms with Crippen LogP contribution in [0.2, 0.25) is 0 Å². The summed E-state index contributed by atoms with van der Waals surface area (Å²) in [4.78, 5) is 2.22. The molecule has 1 aliphatic heterocycles. The van der Waals surface area contributed by atoms with Crippen molar-refractivity contribution in [3.8, 4) is 5.69 Å². The van der Waals surface area contributed by atoms with E-state index in [0.29, 0.717) is 38.5 Å². The van der Waals surface area contributed by atoms with E-state index >= 15 is 0 Å². The molecule has 0 aliphatic carbocycles. The van der Waals surface area contributed by atoms with E-state index in [4.69, 9.17) is 0 Å². The lowest BCUT2D eigenvalue weighted by Crippen LogP contribution is -2.48. The maximum absolute atomic E-state index is 13.1. The number of hydrogen-bond donors (Lipinski definition) is 0. The molecule has 0 spiro atoms. The van der Waals surface area contributed by atoms with E-state index in [1.54, 1.807) is 4.68 Å². The first-order chi connectivity index (χ1) is 13.5. The van der Waals surface area contributed by atoms with Gasteiger partial charge in [-0.25, -0.2) is 12.8 Å². The van der Waals surface area contributed by atoms with Crippen molar-refractivity contribution >= 4 is 10.0 Å². The van der Waals surface area contributed by atoms with Crippen LogP contribution >= 0.6 is 0 Å². The standard InChI is InChI=1S/C18H19FN6O2S/c19-15-6-8-17(9-7-15)28(26,27)24-12-10-23(11-13-24)14-18-20-21-22-25(18)16-4-2-1-3-5-16/h1-9H,10-14H2. The molecule has 28 heavy (non-hydrogen) atoms. The van der Waals surface area contributed by atoms with Gasteiger partial charge in [-0.05, 0) is 46.8 Å². The van der Waals surface area contributed by atoms with Gasteiger partial charge in [-0.15, -0.1) is 5.10 Å². The maximum atomic E-state index is 13.1. The lowest BCUT2D eigenvalue weighted by atomic mass is 10.3. The largest absolute Gasteiger partial charge is 0.293 e. The zero-order valence-electron chi connectivity index (χ0n) is 15.0. The fraction of sp³-hybridized carbons (Fsp3) is 0.278. The van der Waals surface area contributed by atoms with Crippen molar-refractivity contribution in [2.75, 3.05) is 26.2 Å². The van der Waals surface area contributed by atoms with E-state index < -0.39 is 15.8 Å². The van der Waals surface area contributed by atoms with Crippen molar-refractivity contribution in [1.29, 1.82) is 0 Å². The number of para-hydroxylation sites is 1.